The maximum absolute atomic E-state index is 14.0. The van der Waals surface area contributed by atoms with Crippen molar-refractivity contribution in [1.82, 2.24) is 10.6 Å². The lowest BCUT2D eigenvalue weighted by Gasteiger charge is -2.18. The molecule has 27 heavy (non-hydrogen) atoms. The molecule has 3 rings (SSSR count). The first-order valence-electron chi connectivity index (χ1n) is 8.78. The summed E-state index contributed by atoms with van der Waals surface area (Å²) in [5.74, 6) is -0.647. The van der Waals surface area contributed by atoms with E-state index in [1.807, 2.05) is 30.3 Å². The fraction of sp³-hybridized carbons (Fsp3) is 0.350. The van der Waals surface area contributed by atoms with E-state index in [9.17, 15) is 13.6 Å². The van der Waals surface area contributed by atoms with Gasteiger partial charge < -0.3 is 10.6 Å². The molecule has 0 radical (unpaired) electrons. The first-order chi connectivity index (χ1) is 12.6. The van der Waals surface area contributed by atoms with Crippen molar-refractivity contribution in [2.24, 2.45) is 5.92 Å². The van der Waals surface area contributed by atoms with Crippen molar-refractivity contribution in [2.75, 3.05) is 19.6 Å². The number of carbonyl (C=O) groups excluding carboxylic acids is 1. The summed E-state index contributed by atoms with van der Waals surface area (Å²) < 4.78 is 27.5. The van der Waals surface area contributed by atoms with Crippen LogP contribution in [0.2, 0.25) is 0 Å². The minimum absolute atomic E-state index is 0. The zero-order valence-corrected chi connectivity index (χ0v) is 16.4. The van der Waals surface area contributed by atoms with Crippen LogP contribution >= 0.6 is 24.2 Å². The highest BCUT2D eigenvalue weighted by molar-refractivity contribution is 8.00. The topological polar surface area (TPSA) is 41.1 Å². The zero-order valence-electron chi connectivity index (χ0n) is 14.8. The molecule has 3 nitrogen and oxygen atoms in total. The molecule has 2 atom stereocenters. The van der Waals surface area contributed by atoms with Gasteiger partial charge in [0.1, 0.15) is 16.9 Å². The van der Waals surface area contributed by atoms with E-state index >= 15 is 0 Å². The molecule has 1 fully saturated rings. The number of amides is 1. The van der Waals surface area contributed by atoms with Gasteiger partial charge in [0, 0.05) is 11.4 Å². The molecule has 2 N–H and O–H groups in total. The second-order valence-corrected chi connectivity index (χ2v) is 7.57. The molecule has 7 heteroatoms. The van der Waals surface area contributed by atoms with Gasteiger partial charge in [-0.3, -0.25) is 4.79 Å². The van der Waals surface area contributed by atoms with E-state index in [1.165, 1.54) is 0 Å². The number of halogens is 3. The third kappa shape index (κ3) is 6.19. The van der Waals surface area contributed by atoms with Gasteiger partial charge in [0.05, 0.1) is 0 Å². The van der Waals surface area contributed by atoms with Gasteiger partial charge >= 0.3 is 0 Å². The van der Waals surface area contributed by atoms with E-state index in [1.54, 1.807) is 0 Å². The Labute approximate surface area is 168 Å². The monoisotopic (exact) mass is 412 g/mol. The lowest BCUT2D eigenvalue weighted by Crippen LogP contribution is -2.30. The van der Waals surface area contributed by atoms with Gasteiger partial charge in [-0.1, -0.05) is 30.3 Å². The molecule has 1 aliphatic heterocycles. The second-order valence-electron chi connectivity index (χ2n) is 6.42. The van der Waals surface area contributed by atoms with Gasteiger partial charge in [-0.2, -0.15) is 0 Å². The first kappa shape index (κ1) is 21.7. The van der Waals surface area contributed by atoms with Gasteiger partial charge in [0.25, 0.3) is 0 Å². The number of nitrogens with one attached hydrogen (secondary N) is 2. The van der Waals surface area contributed by atoms with E-state index in [-0.39, 0.29) is 23.2 Å². The van der Waals surface area contributed by atoms with Crippen LogP contribution in [0.4, 0.5) is 8.78 Å². The average Bonchev–Trinajstić information content (AvgIpc) is 3.16. The largest absolute Gasteiger partial charge is 0.355 e. The Morgan fingerprint density at radius 1 is 1.22 bits per heavy atom. The molecule has 0 aliphatic carbocycles. The highest BCUT2D eigenvalue weighted by atomic mass is 35.5. The summed E-state index contributed by atoms with van der Waals surface area (Å²) >= 11 is 1.03. The number of benzene rings is 2. The van der Waals surface area contributed by atoms with E-state index in [4.69, 9.17) is 0 Å². The molecule has 1 saturated heterocycles. The minimum atomic E-state index is -0.630. The van der Waals surface area contributed by atoms with Crippen LogP contribution in [0, 0.1) is 17.6 Å². The number of carbonyl (C=O) groups is 1. The summed E-state index contributed by atoms with van der Waals surface area (Å²) in [6, 6.07) is 12.5. The Balaban J connectivity index is 0.00000261. The number of thioether (sulfide) groups is 1. The van der Waals surface area contributed by atoms with E-state index in [0.29, 0.717) is 12.5 Å². The highest BCUT2D eigenvalue weighted by Crippen LogP contribution is 2.37. The van der Waals surface area contributed by atoms with Crippen molar-refractivity contribution in [1.29, 1.82) is 0 Å². The van der Waals surface area contributed by atoms with E-state index in [2.05, 4.69) is 10.6 Å². The fourth-order valence-electron chi connectivity index (χ4n) is 3.05. The summed E-state index contributed by atoms with van der Waals surface area (Å²) in [5.41, 5.74) is 0.765. The maximum atomic E-state index is 14.0. The number of hydrogen-bond donors (Lipinski definition) is 2. The molecule has 1 aliphatic rings. The molecular weight excluding hydrogens is 390 g/mol. The standard InChI is InChI=1S/C20H22F2N2OS.ClH/c21-16-6-7-17(22)18(12-16)26-19(15-4-2-1-3-5-15)20(25)24-11-9-14-8-10-23-13-14;/h1-7,12,14,19,23H,8-11,13H2,(H,24,25);1H. The van der Waals surface area contributed by atoms with Crippen LogP contribution in [0.5, 0.6) is 0 Å². The summed E-state index contributed by atoms with van der Waals surface area (Å²) in [7, 11) is 0. The molecule has 0 spiro atoms. The van der Waals surface area contributed by atoms with Crippen LogP contribution in [-0.4, -0.2) is 25.5 Å². The Morgan fingerprint density at radius 3 is 2.70 bits per heavy atom. The second kappa shape index (κ2) is 10.6. The smallest absolute Gasteiger partial charge is 0.237 e. The molecule has 2 aromatic rings. The molecule has 0 saturated carbocycles. The average molecular weight is 413 g/mol. The van der Waals surface area contributed by atoms with Crippen LogP contribution in [0.3, 0.4) is 0 Å². The van der Waals surface area contributed by atoms with Crippen LogP contribution in [0.25, 0.3) is 0 Å². The van der Waals surface area contributed by atoms with E-state index < -0.39 is 16.9 Å². The van der Waals surface area contributed by atoms with Crippen molar-refractivity contribution < 1.29 is 13.6 Å². The number of hydrogen-bond acceptors (Lipinski definition) is 3. The van der Waals surface area contributed by atoms with Crippen molar-refractivity contribution in [3.05, 3.63) is 65.7 Å². The van der Waals surface area contributed by atoms with Crippen LogP contribution in [-0.2, 0) is 4.79 Å². The molecule has 0 bridgehead atoms. The predicted molar refractivity (Wildman–Crippen MR) is 107 cm³/mol. The lowest BCUT2D eigenvalue weighted by molar-refractivity contribution is -0.120. The maximum Gasteiger partial charge on any atom is 0.237 e. The fourth-order valence-corrected chi connectivity index (χ4v) is 4.15. The van der Waals surface area contributed by atoms with Crippen LogP contribution in [0.1, 0.15) is 23.7 Å². The number of rotatable bonds is 7. The Kier molecular flexibility index (Phi) is 8.54. The van der Waals surface area contributed by atoms with Crippen LogP contribution < -0.4 is 10.6 Å². The summed E-state index contributed by atoms with van der Waals surface area (Å²) in [6.45, 7) is 2.60. The van der Waals surface area contributed by atoms with Gasteiger partial charge in [-0.05, 0) is 55.6 Å². The van der Waals surface area contributed by atoms with Crippen molar-refractivity contribution in [3.8, 4) is 0 Å². The van der Waals surface area contributed by atoms with Gasteiger partial charge in [0.2, 0.25) is 5.91 Å². The summed E-state index contributed by atoms with van der Waals surface area (Å²) in [5, 5.41) is 5.64. The molecule has 2 unspecified atom stereocenters. The molecule has 0 aromatic heterocycles. The summed E-state index contributed by atoms with van der Waals surface area (Å²) in [4.78, 5) is 12.9. The highest BCUT2D eigenvalue weighted by Gasteiger charge is 2.24. The van der Waals surface area contributed by atoms with Gasteiger partial charge in [0.15, 0.2) is 0 Å². The third-order valence-corrected chi connectivity index (χ3v) is 5.78. The SMILES string of the molecule is Cl.O=C(NCCC1CCNC1)C(Sc1cc(F)ccc1F)c1ccccc1. The Morgan fingerprint density at radius 2 is 2.00 bits per heavy atom. The molecular formula is C20H23ClF2N2OS. The lowest BCUT2D eigenvalue weighted by atomic mass is 10.1. The van der Waals surface area contributed by atoms with Crippen molar-refractivity contribution in [2.45, 2.75) is 23.0 Å². The van der Waals surface area contributed by atoms with Gasteiger partial charge in [-0.15, -0.1) is 24.2 Å². The van der Waals surface area contributed by atoms with Crippen molar-refractivity contribution in [3.63, 3.8) is 0 Å². The first-order valence-corrected chi connectivity index (χ1v) is 9.66. The quantitative estimate of drug-likeness (QED) is 0.665. The normalized spacial score (nSPS) is 17.2. The van der Waals surface area contributed by atoms with E-state index in [0.717, 1.165) is 61.5 Å². The van der Waals surface area contributed by atoms with Crippen molar-refractivity contribution >= 4 is 30.1 Å². The summed E-state index contributed by atoms with van der Waals surface area (Å²) in [6.07, 6.45) is 2.04. The van der Waals surface area contributed by atoms with Gasteiger partial charge in [-0.25, -0.2) is 8.78 Å². The Hall–Kier alpha value is -1.63. The predicted octanol–water partition coefficient (Wildman–Crippen LogP) is 4.34. The third-order valence-electron chi connectivity index (χ3n) is 4.49. The zero-order chi connectivity index (χ0) is 18.4. The molecule has 2 aromatic carbocycles. The minimum Gasteiger partial charge on any atom is -0.355 e. The molecule has 1 heterocycles. The Bertz CT molecular complexity index is 742. The van der Waals surface area contributed by atoms with Crippen LogP contribution in [0.15, 0.2) is 53.4 Å². The molecule has 1 amide bonds. The molecule has 146 valence electrons.